The molecule has 1 rings (SSSR count). The maximum Gasteiger partial charge on any atom is 0.224 e. The zero-order chi connectivity index (χ0) is 13.2. The van der Waals surface area contributed by atoms with Gasteiger partial charge in [-0.05, 0) is 38.3 Å². The Morgan fingerprint density at radius 3 is 2.61 bits per heavy atom. The van der Waals surface area contributed by atoms with Crippen molar-refractivity contribution in [3.63, 3.8) is 0 Å². The molecule has 0 aromatic rings. The summed E-state index contributed by atoms with van der Waals surface area (Å²) in [5.74, 6) is 0.998. The highest BCUT2D eigenvalue weighted by Gasteiger charge is 2.21. The molecule has 4 heteroatoms. The van der Waals surface area contributed by atoms with Gasteiger partial charge in [-0.25, -0.2) is 0 Å². The van der Waals surface area contributed by atoms with E-state index in [1.54, 1.807) is 0 Å². The lowest BCUT2D eigenvalue weighted by atomic mass is 9.96. The summed E-state index contributed by atoms with van der Waals surface area (Å²) in [4.78, 5) is 13.9. The zero-order valence-corrected chi connectivity index (χ0v) is 11.9. The number of hydrogen-bond donors (Lipinski definition) is 1. The van der Waals surface area contributed by atoms with E-state index in [0.29, 0.717) is 13.0 Å². The van der Waals surface area contributed by atoms with E-state index in [4.69, 9.17) is 4.74 Å². The van der Waals surface area contributed by atoms with E-state index >= 15 is 0 Å². The number of amides is 1. The van der Waals surface area contributed by atoms with Crippen molar-refractivity contribution in [1.29, 1.82) is 0 Å². The second-order valence-corrected chi connectivity index (χ2v) is 4.99. The minimum Gasteiger partial charge on any atom is -0.381 e. The average molecular weight is 256 g/mol. The van der Waals surface area contributed by atoms with Gasteiger partial charge in [-0.2, -0.15) is 0 Å². The third-order valence-electron chi connectivity index (χ3n) is 3.46. The monoisotopic (exact) mass is 256 g/mol. The maximum absolute atomic E-state index is 11.9. The first-order valence-corrected chi connectivity index (χ1v) is 7.34. The van der Waals surface area contributed by atoms with Crippen LogP contribution in [0.2, 0.25) is 0 Å². The van der Waals surface area contributed by atoms with Crippen LogP contribution in [0.25, 0.3) is 0 Å². The minimum atomic E-state index is 0.257. The minimum absolute atomic E-state index is 0.257. The van der Waals surface area contributed by atoms with Crippen molar-refractivity contribution in [3.8, 4) is 0 Å². The lowest BCUT2D eigenvalue weighted by Gasteiger charge is -2.32. The van der Waals surface area contributed by atoms with Crippen LogP contribution in [0.1, 0.15) is 39.5 Å². The number of carbonyl (C=O) groups is 1. The first-order chi connectivity index (χ1) is 8.77. The fourth-order valence-electron chi connectivity index (χ4n) is 2.30. The van der Waals surface area contributed by atoms with Crippen LogP contribution in [0.4, 0.5) is 0 Å². The summed E-state index contributed by atoms with van der Waals surface area (Å²) in [5, 5.41) is 3.39. The number of piperidine rings is 1. The van der Waals surface area contributed by atoms with Crippen LogP contribution in [-0.2, 0) is 9.53 Å². The van der Waals surface area contributed by atoms with Crippen LogP contribution < -0.4 is 5.32 Å². The second kappa shape index (κ2) is 9.34. The number of likely N-dealkylation sites (tertiary alicyclic amines) is 1. The van der Waals surface area contributed by atoms with Gasteiger partial charge in [0.25, 0.3) is 0 Å². The standard InChI is InChI=1S/C14H28N2O2/c1-3-10-18-11-7-14(17)16-8-5-13(6-9-16)12-15-4-2/h13,15H,3-12H2,1-2H3. The van der Waals surface area contributed by atoms with Crippen molar-refractivity contribution in [2.75, 3.05) is 39.4 Å². The smallest absolute Gasteiger partial charge is 0.224 e. The van der Waals surface area contributed by atoms with Crippen LogP contribution in [-0.4, -0.2) is 50.2 Å². The van der Waals surface area contributed by atoms with E-state index < -0.39 is 0 Å². The summed E-state index contributed by atoms with van der Waals surface area (Å²) in [6, 6.07) is 0. The molecule has 1 aliphatic heterocycles. The largest absolute Gasteiger partial charge is 0.381 e. The highest BCUT2D eigenvalue weighted by Crippen LogP contribution is 2.16. The number of nitrogens with zero attached hydrogens (tertiary/aromatic N) is 1. The van der Waals surface area contributed by atoms with Crippen molar-refractivity contribution in [2.45, 2.75) is 39.5 Å². The van der Waals surface area contributed by atoms with Crippen LogP contribution in [0.15, 0.2) is 0 Å². The van der Waals surface area contributed by atoms with Gasteiger partial charge in [-0.3, -0.25) is 4.79 Å². The molecule has 1 fully saturated rings. The van der Waals surface area contributed by atoms with E-state index in [1.807, 2.05) is 4.90 Å². The summed E-state index contributed by atoms with van der Waals surface area (Å²) in [7, 11) is 0. The van der Waals surface area contributed by atoms with Crippen LogP contribution in [0.3, 0.4) is 0 Å². The van der Waals surface area contributed by atoms with Gasteiger partial charge in [0.05, 0.1) is 13.0 Å². The van der Waals surface area contributed by atoms with Gasteiger partial charge in [0.15, 0.2) is 0 Å². The molecule has 0 bridgehead atoms. The molecule has 0 unspecified atom stereocenters. The number of nitrogens with one attached hydrogen (secondary N) is 1. The molecule has 18 heavy (non-hydrogen) atoms. The van der Waals surface area contributed by atoms with E-state index in [1.165, 1.54) is 0 Å². The Labute approximate surface area is 111 Å². The van der Waals surface area contributed by atoms with Crippen molar-refractivity contribution in [2.24, 2.45) is 5.92 Å². The highest BCUT2D eigenvalue weighted by molar-refractivity contribution is 5.76. The predicted molar refractivity (Wildman–Crippen MR) is 73.6 cm³/mol. The fourth-order valence-corrected chi connectivity index (χ4v) is 2.30. The third kappa shape index (κ3) is 5.83. The molecule has 0 radical (unpaired) electrons. The molecule has 0 atom stereocenters. The first kappa shape index (κ1) is 15.4. The van der Waals surface area contributed by atoms with E-state index in [9.17, 15) is 4.79 Å². The molecule has 0 saturated carbocycles. The number of hydrogen-bond acceptors (Lipinski definition) is 3. The normalized spacial score (nSPS) is 17.1. The number of rotatable bonds is 8. The van der Waals surface area contributed by atoms with Gasteiger partial charge in [-0.1, -0.05) is 13.8 Å². The highest BCUT2D eigenvalue weighted by atomic mass is 16.5. The molecular formula is C14H28N2O2. The summed E-state index contributed by atoms with van der Waals surface area (Å²) in [6.07, 6.45) is 3.82. The van der Waals surface area contributed by atoms with Crippen molar-refractivity contribution < 1.29 is 9.53 Å². The zero-order valence-electron chi connectivity index (χ0n) is 11.9. The van der Waals surface area contributed by atoms with Crippen molar-refractivity contribution in [1.82, 2.24) is 10.2 Å². The van der Waals surface area contributed by atoms with E-state index in [0.717, 1.165) is 58.0 Å². The molecule has 106 valence electrons. The lowest BCUT2D eigenvalue weighted by Crippen LogP contribution is -2.41. The average Bonchev–Trinajstić information content (AvgIpc) is 2.41. The van der Waals surface area contributed by atoms with Gasteiger partial charge in [-0.15, -0.1) is 0 Å². The van der Waals surface area contributed by atoms with E-state index in [2.05, 4.69) is 19.2 Å². The second-order valence-electron chi connectivity index (χ2n) is 4.99. The molecule has 1 N–H and O–H groups in total. The van der Waals surface area contributed by atoms with Gasteiger partial charge < -0.3 is 15.0 Å². The van der Waals surface area contributed by atoms with Gasteiger partial charge >= 0.3 is 0 Å². The molecule has 0 aliphatic carbocycles. The molecule has 1 heterocycles. The van der Waals surface area contributed by atoms with Crippen molar-refractivity contribution in [3.05, 3.63) is 0 Å². The summed E-state index contributed by atoms with van der Waals surface area (Å²) in [6.45, 7) is 9.52. The predicted octanol–water partition coefficient (Wildman–Crippen LogP) is 1.65. The molecule has 0 aromatic heterocycles. The fraction of sp³-hybridized carbons (Fsp3) is 0.929. The Bertz CT molecular complexity index is 226. The molecular weight excluding hydrogens is 228 g/mol. The SMILES string of the molecule is CCCOCCC(=O)N1CCC(CNCC)CC1. The molecule has 1 aliphatic rings. The van der Waals surface area contributed by atoms with Crippen LogP contribution >= 0.6 is 0 Å². The Morgan fingerprint density at radius 1 is 1.28 bits per heavy atom. The van der Waals surface area contributed by atoms with Gasteiger partial charge in [0.2, 0.25) is 5.91 Å². The van der Waals surface area contributed by atoms with Crippen LogP contribution in [0.5, 0.6) is 0 Å². The van der Waals surface area contributed by atoms with Gasteiger partial charge in [0.1, 0.15) is 0 Å². The Hall–Kier alpha value is -0.610. The lowest BCUT2D eigenvalue weighted by molar-refractivity contribution is -0.133. The van der Waals surface area contributed by atoms with Crippen molar-refractivity contribution >= 4 is 5.91 Å². The third-order valence-corrected chi connectivity index (χ3v) is 3.46. The number of carbonyl (C=O) groups excluding carboxylic acids is 1. The summed E-state index contributed by atoms with van der Waals surface area (Å²) < 4.78 is 5.36. The Morgan fingerprint density at radius 2 is 2.00 bits per heavy atom. The molecule has 1 amide bonds. The van der Waals surface area contributed by atoms with Crippen LogP contribution in [0, 0.1) is 5.92 Å². The first-order valence-electron chi connectivity index (χ1n) is 7.34. The molecule has 4 nitrogen and oxygen atoms in total. The quantitative estimate of drug-likeness (QED) is 0.671. The van der Waals surface area contributed by atoms with Gasteiger partial charge in [0, 0.05) is 19.7 Å². The van der Waals surface area contributed by atoms with E-state index in [-0.39, 0.29) is 5.91 Å². The summed E-state index contributed by atoms with van der Waals surface area (Å²) in [5.41, 5.74) is 0. The Balaban J connectivity index is 2.11. The molecule has 0 aromatic carbocycles. The molecule has 1 saturated heterocycles. The Kier molecular flexibility index (Phi) is 8.01. The number of ether oxygens (including phenoxy) is 1. The topological polar surface area (TPSA) is 41.6 Å². The summed E-state index contributed by atoms with van der Waals surface area (Å²) >= 11 is 0. The molecule has 0 spiro atoms. The maximum atomic E-state index is 11.9.